The van der Waals surface area contributed by atoms with Crippen LogP contribution in [0.1, 0.15) is 10.4 Å². The number of hydrogen-bond donors (Lipinski definition) is 1. The Labute approximate surface area is 79.3 Å². The van der Waals surface area contributed by atoms with Crippen molar-refractivity contribution in [1.82, 2.24) is 0 Å². The molecule has 0 unspecified atom stereocenters. The molecule has 0 aliphatic rings. The summed E-state index contributed by atoms with van der Waals surface area (Å²) in [5, 5.41) is 0. The first-order chi connectivity index (χ1) is 5.24. The fraction of sp³-hybridized carbons (Fsp3) is 0.125. The molecule has 0 aromatic heterocycles. The van der Waals surface area contributed by atoms with Gasteiger partial charge < -0.3 is 0 Å². The molecular formula is C8H7BrOS. The Morgan fingerprint density at radius 1 is 1.36 bits per heavy atom. The van der Waals surface area contributed by atoms with Crippen LogP contribution in [0.25, 0.3) is 0 Å². The van der Waals surface area contributed by atoms with Gasteiger partial charge in [-0.1, -0.05) is 28.1 Å². The molecule has 3 heteroatoms. The maximum atomic E-state index is 11.0. The van der Waals surface area contributed by atoms with E-state index < -0.39 is 0 Å². The predicted molar refractivity (Wildman–Crippen MR) is 52.3 cm³/mol. The molecule has 0 atom stereocenters. The van der Waals surface area contributed by atoms with Crippen molar-refractivity contribution in [2.75, 3.05) is 5.75 Å². The van der Waals surface area contributed by atoms with Crippen LogP contribution in [0.15, 0.2) is 28.7 Å². The highest BCUT2D eigenvalue weighted by molar-refractivity contribution is 9.10. The van der Waals surface area contributed by atoms with Gasteiger partial charge in [-0.05, 0) is 12.1 Å². The van der Waals surface area contributed by atoms with Crippen LogP contribution in [-0.2, 0) is 0 Å². The summed E-state index contributed by atoms with van der Waals surface area (Å²) in [6.45, 7) is 0. The van der Waals surface area contributed by atoms with Crippen molar-refractivity contribution in [1.29, 1.82) is 0 Å². The summed E-state index contributed by atoms with van der Waals surface area (Å²) in [6, 6.07) is 7.25. The second-order valence-electron chi connectivity index (χ2n) is 2.09. The largest absolute Gasteiger partial charge is 0.293 e. The number of carbonyl (C=O) groups excluding carboxylic acids is 1. The minimum atomic E-state index is 0.0563. The summed E-state index contributed by atoms with van der Waals surface area (Å²) >= 11 is 7.18. The van der Waals surface area contributed by atoms with E-state index in [2.05, 4.69) is 28.6 Å². The van der Waals surface area contributed by atoms with Gasteiger partial charge >= 0.3 is 0 Å². The molecule has 11 heavy (non-hydrogen) atoms. The van der Waals surface area contributed by atoms with Crippen molar-refractivity contribution in [2.45, 2.75) is 0 Å². The van der Waals surface area contributed by atoms with Crippen LogP contribution in [0.5, 0.6) is 0 Å². The van der Waals surface area contributed by atoms with Gasteiger partial charge in [0.2, 0.25) is 0 Å². The molecule has 0 N–H and O–H groups in total. The molecule has 0 spiro atoms. The van der Waals surface area contributed by atoms with Crippen molar-refractivity contribution in [2.24, 2.45) is 0 Å². The predicted octanol–water partition coefficient (Wildman–Crippen LogP) is 2.56. The summed E-state index contributed by atoms with van der Waals surface area (Å²) in [5.41, 5.74) is 0.711. The lowest BCUT2D eigenvalue weighted by Gasteiger charge is -1.95. The van der Waals surface area contributed by atoms with Crippen molar-refractivity contribution < 1.29 is 4.79 Å². The minimum Gasteiger partial charge on any atom is -0.293 e. The summed E-state index contributed by atoms with van der Waals surface area (Å²) in [4.78, 5) is 11.0. The molecule has 1 rings (SSSR count). The van der Waals surface area contributed by atoms with Crippen LogP contribution in [0.3, 0.4) is 0 Å². The van der Waals surface area contributed by atoms with Gasteiger partial charge in [0.15, 0.2) is 5.78 Å². The third-order valence-electron chi connectivity index (χ3n) is 1.31. The molecule has 0 amide bonds. The van der Waals surface area contributed by atoms with E-state index in [-0.39, 0.29) is 11.5 Å². The molecule has 0 heterocycles. The van der Waals surface area contributed by atoms with Crippen LogP contribution in [-0.4, -0.2) is 11.5 Å². The highest BCUT2D eigenvalue weighted by Crippen LogP contribution is 2.10. The number of benzene rings is 1. The van der Waals surface area contributed by atoms with Crippen molar-refractivity contribution in [3.8, 4) is 0 Å². The van der Waals surface area contributed by atoms with E-state index >= 15 is 0 Å². The van der Waals surface area contributed by atoms with E-state index in [1.807, 2.05) is 12.1 Å². The van der Waals surface area contributed by atoms with Crippen LogP contribution in [0, 0.1) is 0 Å². The van der Waals surface area contributed by atoms with Gasteiger partial charge in [0, 0.05) is 10.0 Å². The van der Waals surface area contributed by atoms with Gasteiger partial charge in [-0.3, -0.25) is 4.79 Å². The SMILES string of the molecule is O=C(CS)c1ccc(Br)cc1. The third kappa shape index (κ3) is 2.34. The van der Waals surface area contributed by atoms with Crippen LogP contribution >= 0.6 is 28.6 Å². The molecule has 1 aromatic rings. The fourth-order valence-electron chi connectivity index (χ4n) is 0.727. The van der Waals surface area contributed by atoms with E-state index in [0.29, 0.717) is 5.56 Å². The number of thiol groups is 1. The number of hydrogen-bond acceptors (Lipinski definition) is 2. The number of rotatable bonds is 2. The second kappa shape index (κ2) is 3.93. The van der Waals surface area contributed by atoms with E-state index in [0.717, 1.165) is 4.47 Å². The molecule has 0 fully saturated rings. The zero-order chi connectivity index (χ0) is 8.27. The monoisotopic (exact) mass is 230 g/mol. The summed E-state index contributed by atoms with van der Waals surface area (Å²) < 4.78 is 0.980. The summed E-state index contributed by atoms with van der Waals surface area (Å²) in [6.07, 6.45) is 0. The zero-order valence-corrected chi connectivity index (χ0v) is 8.23. The summed E-state index contributed by atoms with van der Waals surface area (Å²) in [7, 11) is 0. The van der Waals surface area contributed by atoms with E-state index in [1.54, 1.807) is 12.1 Å². The Bertz CT molecular complexity index is 255. The first-order valence-electron chi connectivity index (χ1n) is 3.13. The normalized spacial score (nSPS) is 9.64. The molecule has 0 saturated carbocycles. The first-order valence-corrected chi connectivity index (χ1v) is 4.56. The number of ketones is 1. The highest BCUT2D eigenvalue weighted by atomic mass is 79.9. The molecule has 0 saturated heterocycles. The molecule has 0 aliphatic heterocycles. The minimum absolute atomic E-state index is 0.0563. The molecule has 0 radical (unpaired) electrons. The number of Topliss-reactive ketones (excluding diaryl/α,β-unsaturated/α-hetero) is 1. The van der Waals surface area contributed by atoms with Gasteiger partial charge in [0.1, 0.15) is 0 Å². The topological polar surface area (TPSA) is 17.1 Å². The number of carbonyl (C=O) groups is 1. The van der Waals surface area contributed by atoms with Gasteiger partial charge in [-0.25, -0.2) is 0 Å². The lowest BCUT2D eigenvalue weighted by molar-refractivity contribution is 0.102. The lowest BCUT2D eigenvalue weighted by atomic mass is 10.2. The second-order valence-corrected chi connectivity index (χ2v) is 3.32. The number of halogens is 1. The van der Waals surface area contributed by atoms with Gasteiger partial charge in [0.05, 0.1) is 5.75 Å². The lowest BCUT2D eigenvalue weighted by Crippen LogP contribution is -1.98. The molecule has 0 aliphatic carbocycles. The average Bonchev–Trinajstić information content (AvgIpc) is 2.05. The average molecular weight is 231 g/mol. The van der Waals surface area contributed by atoms with Crippen LogP contribution < -0.4 is 0 Å². The fourth-order valence-corrected chi connectivity index (χ4v) is 1.17. The van der Waals surface area contributed by atoms with E-state index in [1.165, 1.54) is 0 Å². The Kier molecular flexibility index (Phi) is 3.15. The Morgan fingerprint density at radius 2 is 1.91 bits per heavy atom. The Morgan fingerprint density at radius 3 is 2.36 bits per heavy atom. The molecule has 0 bridgehead atoms. The van der Waals surface area contributed by atoms with Crippen LogP contribution in [0.2, 0.25) is 0 Å². The van der Waals surface area contributed by atoms with E-state index in [4.69, 9.17) is 0 Å². The Hall–Kier alpha value is -0.280. The summed E-state index contributed by atoms with van der Waals surface area (Å²) in [5.74, 6) is 0.322. The molecule has 1 aromatic carbocycles. The van der Waals surface area contributed by atoms with E-state index in [9.17, 15) is 4.79 Å². The highest BCUT2D eigenvalue weighted by Gasteiger charge is 2.00. The smallest absolute Gasteiger partial charge is 0.172 e. The Balaban J connectivity index is 2.90. The van der Waals surface area contributed by atoms with Gasteiger partial charge in [-0.2, -0.15) is 12.6 Å². The maximum absolute atomic E-state index is 11.0. The zero-order valence-electron chi connectivity index (χ0n) is 5.75. The molecule has 1 nitrogen and oxygen atoms in total. The first kappa shape index (κ1) is 8.81. The quantitative estimate of drug-likeness (QED) is 0.611. The van der Waals surface area contributed by atoms with Crippen LogP contribution in [0.4, 0.5) is 0 Å². The maximum Gasteiger partial charge on any atom is 0.172 e. The molecular weight excluding hydrogens is 224 g/mol. The standard InChI is InChI=1S/C8H7BrOS/c9-7-3-1-6(2-4-7)8(10)5-11/h1-4,11H,5H2. The third-order valence-corrected chi connectivity index (χ3v) is 2.13. The molecule has 58 valence electrons. The van der Waals surface area contributed by atoms with Crippen molar-refractivity contribution in [3.63, 3.8) is 0 Å². The van der Waals surface area contributed by atoms with Gasteiger partial charge in [-0.15, -0.1) is 0 Å². The van der Waals surface area contributed by atoms with Gasteiger partial charge in [0.25, 0.3) is 0 Å². The van der Waals surface area contributed by atoms with Crippen molar-refractivity contribution in [3.05, 3.63) is 34.3 Å². The van der Waals surface area contributed by atoms with Crippen molar-refractivity contribution >= 4 is 34.3 Å².